The topological polar surface area (TPSA) is 44.0 Å². The first-order chi connectivity index (χ1) is 7.36. The van der Waals surface area contributed by atoms with Crippen LogP contribution in [0.5, 0.6) is 0 Å². The summed E-state index contributed by atoms with van der Waals surface area (Å²) in [6, 6.07) is 7.86. The van der Waals surface area contributed by atoms with Gasteiger partial charge in [-0.2, -0.15) is 5.26 Å². The monoisotopic (exact) mass is 221 g/mol. The first-order valence-corrected chi connectivity index (χ1v) is 5.19. The Bertz CT molecular complexity index is 403. The lowest BCUT2D eigenvalue weighted by molar-refractivity contribution is 0.0527. The van der Waals surface area contributed by atoms with Crippen LogP contribution in [-0.2, 0) is 0 Å². The largest absolute Gasteiger partial charge is 0.391 e. The minimum Gasteiger partial charge on any atom is -0.391 e. The molecule has 86 valence electrons. The highest BCUT2D eigenvalue weighted by Gasteiger charge is 2.31. The summed E-state index contributed by atoms with van der Waals surface area (Å²) >= 11 is 0. The fourth-order valence-electron chi connectivity index (χ4n) is 1.53. The summed E-state index contributed by atoms with van der Waals surface area (Å²) in [5.74, 6) is -1.09. The van der Waals surface area contributed by atoms with Gasteiger partial charge in [-0.3, -0.25) is 0 Å². The Kier molecular flexibility index (Phi) is 3.66. The summed E-state index contributed by atoms with van der Waals surface area (Å²) < 4.78 is 13.0. The SMILES string of the molecule is CC(C)(C)C(O)C(C#N)c1cccc(F)c1. The maximum Gasteiger partial charge on any atom is 0.123 e. The predicted molar refractivity (Wildman–Crippen MR) is 60.2 cm³/mol. The van der Waals surface area contributed by atoms with Crippen LogP contribution in [0.1, 0.15) is 32.3 Å². The number of nitriles is 1. The second-order valence-electron chi connectivity index (χ2n) is 4.97. The van der Waals surface area contributed by atoms with Gasteiger partial charge in [0.2, 0.25) is 0 Å². The molecule has 1 rings (SSSR count). The van der Waals surface area contributed by atoms with Crippen molar-refractivity contribution in [2.75, 3.05) is 0 Å². The quantitative estimate of drug-likeness (QED) is 0.834. The Labute approximate surface area is 95.3 Å². The van der Waals surface area contributed by atoms with E-state index in [0.29, 0.717) is 5.56 Å². The van der Waals surface area contributed by atoms with Crippen molar-refractivity contribution in [3.8, 4) is 6.07 Å². The van der Waals surface area contributed by atoms with E-state index in [-0.39, 0.29) is 5.82 Å². The highest BCUT2D eigenvalue weighted by atomic mass is 19.1. The molecule has 0 fully saturated rings. The third-order valence-corrected chi connectivity index (χ3v) is 2.55. The molecule has 0 saturated heterocycles. The third kappa shape index (κ3) is 2.80. The summed E-state index contributed by atoms with van der Waals surface area (Å²) in [6.45, 7) is 5.55. The van der Waals surface area contributed by atoms with Gasteiger partial charge in [0, 0.05) is 0 Å². The van der Waals surface area contributed by atoms with Crippen molar-refractivity contribution >= 4 is 0 Å². The number of nitrogens with zero attached hydrogens (tertiary/aromatic N) is 1. The van der Waals surface area contributed by atoms with Crippen LogP contribution in [0.15, 0.2) is 24.3 Å². The molecule has 0 aromatic heterocycles. The average molecular weight is 221 g/mol. The molecule has 0 saturated carbocycles. The van der Waals surface area contributed by atoms with E-state index in [1.807, 2.05) is 26.8 Å². The van der Waals surface area contributed by atoms with Crippen LogP contribution < -0.4 is 0 Å². The molecule has 0 radical (unpaired) electrons. The molecule has 0 heterocycles. The van der Waals surface area contributed by atoms with Crippen molar-refractivity contribution in [1.29, 1.82) is 5.26 Å². The zero-order valence-electron chi connectivity index (χ0n) is 9.74. The molecule has 0 bridgehead atoms. The number of aliphatic hydroxyl groups is 1. The van der Waals surface area contributed by atoms with Gasteiger partial charge in [0.15, 0.2) is 0 Å². The Hall–Kier alpha value is -1.40. The minimum atomic E-state index is -0.820. The zero-order chi connectivity index (χ0) is 12.3. The Morgan fingerprint density at radius 1 is 1.38 bits per heavy atom. The zero-order valence-corrected chi connectivity index (χ0v) is 9.74. The second kappa shape index (κ2) is 4.63. The number of hydrogen-bond donors (Lipinski definition) is 1. The maximum atomic E-state index is 13.0. The van der Waals surface area contributed by atoms with Crippen molar-refractivity contribution in [2.24, 2.45) is 5.41 Å². The molecule has 0 aliphatic carbocycles. The molecule has 0 spiro atoms. The van der Waals surface area contributed by atoms with E-state index in [0.717, 1.165) is 0 Å². The van der Waals surface area contributed by atoms with Crippen molar-refractivity contribution in [2.45, 2.75) is 32.8 Å². The number of hydrogen-bond acceptors (Lipinski definition) is 2. The molecule has 2 atom stereocenters. The smallest absolute Gasteiger partial charge is 0.123 e. The van der Waals surface area contributed by atoms with Crippen molar-refractivity contribution in [3.05, 3.63) is 35.6 Å². The first kappa shape index (κ1) is 12.7. The van der Waals surface area contributed by atoms with Gasteiger partial charge in [0.25, 0.3) is 0 Å². The molecule has 1 aromatic rings. The molecular formula is C13H16FNO. The van der Waals surface area contributed by atoms with Gasteiger partial charge in [0.1, 0.15) is 5.82 Å². The fraction of sp³-hybridized carbons (Fsp3) is 0.462. The van der Waals surface area contributed by atoms with Gasteiger partial charge in [-0.1, -0.05) is 32.9 Å². The van der Waals surface area contributed by atoms with E-state index in [4.69, 9.17) is 5.26 Å². The van der Waals surface area contributed by atoms with Gasteiger partial charge in [-0.05, 0) is 23.1 Å². The van der Waals surface area contributed by atoms with Crippen LogP contribution in [0.25, 0.3) is 0 Å². The molecule has 3 heteroatoms. The van der Waals surface area contributed by atoms with Crippen molar-refractivity contribution in [3.63, 3.8) is 0 Å². The van der Waals surface area contributed by atoms with Crippen LogP contribution in [0.4, 0.5) is 4.39 Å². The molecule has 0 amide bonds. The molecule has 16 heavy (non-hydrogen) atoms. The first-order valence-electron chi connectivity index (χ1n) is 5.19. The van der Waals surface area contributed by atoms with E-state index in [1.54, 1.807) is 12.1 Å². The van der Waals surface area contributed by atoms with Gasteiger partial charge in [-0.15, -0.1) is 0 Å². The van der Waals surface area contributed by atoms with E-state index >= 15 is 0 Å². The van der Waals surface area contributed by atoms with E-state index in [9.17, 15) is 9.50 Å². The third-order valence-electron chi connectivity index (χ3n) is 2.55. The summed E-state index contributed by atoms with van der Waals surface area (Å²) in [7, 11) is 0. The molecule has 1 aromatic carbocycles. The molecular weight excluding hydrogens is 205 g/mol. The summed E-state index contributed by atoms with van der Waals surface area (Å²) in [6.07, 6.45) is -0.820. The average Bonchev–Trinajstić information content (AvgIpc) is 2.17. The molecule has 0 aliphatic heterocycles. The van der Waals surface area contributed by atoms with Gasteiger partial charge >= 0.3 is 0 Å². The summed E-state index contributed by atoms with van der Waals surface area (Å²) in [5, 5.41) is 19.1. The summed E-state index contributed by atoms with van der Waals surface area (Å²) in [5.41, 5.74) is 0.108. The predicted octanol–water partition coefficient (Wildman–Crippen LogP) is 2.84. The summed E-state index contributed by atoms with van der Waals surface area (Å²) in [4.78, 5) is 0. The highest BCUT2D eigenvalue weighted by molar-refractivity contribution is 5.27. The normalized spacial score (nSPS) is 15.2. The fourth-order valence-corrected chi connectivity index (χ4v) is 1.53. The lowest BCUT2D eigenvalue weighted by Gasteiger charge is -2.29. The molecule has 1 N–H and O–H groups in total. The van der Waals surface area contributed by atoms with Crippen LogP contribution >= 0.6 is 0 Å². The van der Waals surface area contributed by atoms with Crippen LogP contribution in [0.2, 0.25) is 0 Å². The standard InChI is InChI=1S/C13H16FNO/c1-13(2,3)12(16)11(8-15)9-5-4-6-10(14)7-9/h4-7,11-12,16H,1-3H3. The number of rotatable bonds is 2. The van der Waals surface area contributed by atoms with Crippen LogP contribution in [0.3, 0.4) is 0 Å². The van der Waals surface area contributed by atoms with E-state index in [2.05, 4.69) is 0 Å². The van der Waals surface area contributed by atoms with Gasteiger partial charge in [0.05, 0.1) is 18.1 Å². The van der Waals surface area contributed by atoms with Crippen LogP contribution in [-0.4, -0.2) is 11.2 Å². The van der Waals surface area contributed by atoms with Crippen LogP contribution in [0, 0.1) is 22.6 Å². The Balaban J connectivity index is 3.05. The molecule has 2 unspecified atom stereocenters. The molecule has 2 nitrogen and oxygen atoms in total. The Morgan fingerprint density at radius 2 is 2.00 bits per heavy atom. The second-order valence-corrected chi connectivity index (χ2v) is 4.97. The maximum absolute atomic E-state index is 13.0. The lowest BCUT2D eigenvalue weighted by Crippen LogP contribution is -2.31. The number of benzene rings is 1. The van der Waals surface area contributed by atoms with E-state index in [1.165, 1.54) is 12.1 Å². The minimum absolute atomic E-state index is 0.390. The Morgan fingerprint density at radius 3 is 2.44 bits per heavy atom. The lowest BCUT2D eigenvalue weighted by atomic mass is 9.79. The number of aliphatic hydroxyl groups excluding tert-OH is 1. The van der Waals surface area contributed by atoms with E-state index < -0.39 is 17.4 Å². The van der Waals surface area contributed by atoms with Gasteiger partial charge in [-0.25, -0.2) is 4.39 Å². The number of halogens is 1. The molecule has 0 aliphatic rings. The van der Waals surface area contributed by atoms with Crippen molar-refractivity contribution in [1.82, 2.24) is 0 Å². The highest BCUT2D eigenvalue weighted by Crippen LogP contribution is 2.31. The van der Waals surface area contributed by atoms with Gasteiger partial charge < -0.3 is 5.11 Å². The van der Waals surface area contributed by atoms with Crippen molar-refractivity contribution < 1.29 is 9.50 Å².